The molecule has 2 aromatic carbocycles. The van der Waals surface area contributed by atoms with Crippen LogP contribution in [0.5, 0.6) is 5.75 Å². The highest BCUT2D eigenvalue weighted by Gasteiger charge is 2.53. The fraction of sp³-hybridized carbons (Fsp3) is 0.481. The number of hydrogen-bond donors (Lipinski definition) is 0. The van der Waals surface area contributed by atoms with Gasteiger partial charge in [0.25, 0.3) is 0 Å². The third-order valence-electron chi connectivity index (χ3n) is 7.90. The fourth-order valence-corrected chi connectivity index (χ4v) is 6.46. The minimum absolute atomic E-state index is 0.195. The molecule has 2 bridgehead atoms. The molecule has 168 valence electrons. The summed E-state index contributed by atoms with van der Waals surface area (Å²) in [6.07, 6.45) is 6.22. The van der Waals surface area contributed by atoms with Crippen molar-refractivity contribution in [3.63, 3.8) is 0 Å². The van der Waals surface area contributed by atoms with Crippen LogP contribution in [0.1, 0.15) is 61.8 Å². The first kappa shape index (κ1) is 21.2. The number of nitrogens with zero attached hydrogens (tertiary/aromatic N) is 1. The zero-order valence-corrected chi connectivity index (χ0v) is 18.9. The third kappa shape index (κ3) is 3.62. The summed E-state index contributed by atoms with van der Waals surface area (Å²) in [5, 5.41) is 0. The molecule has 2 aliphatic carbocycles. The number of hydrogen-bond acceptors (Lipinski definition) is 5. The van der Waals surface area contributed by atoms with Gasteiger partial charge in [-0.1, -0.05) is 49.2 Å². The van der Waals surface area contributed by atoms with Crippen molar-refractivity contribution in [3.8, 4) is 5.75 Å². The second-order valence-corrected chi connectivity index (χ2v) is 9.65. The van der Waals surface area contributed by atoms with E-state index in [-0.39, 0.29) is 5.41 Å². The van der Waals surface area contributed by atoms with Crippen LogP contribution < -0.4 is 4.74 Å². The molecule has 1 aliphatic heterocycles. The van der Waals surface area contributed by atoms with Gasteiger partial charge >= 0.3 is 11.9 Å². The Kier molecular flexibility index (Phi) is 5.54. The van der Waals surface area contributed by atoms with Crippen molar-refractivity contribution in [3.05, 3.63) is 65.2 Å². The van der Waals surface area contributed by atoms with Crippen LogP contribution in [0.2, 0.25) is 0 Å². The van der Waals surface area contributed by atoms with E-state index in [9.17, 15) is 9.59 Å². The van der Waals surface area contributed by atoms with E-state index < -0.39 is 18.0 Å². The van der Waals surface area contributed by atoms with E-state index in [2.05, 4.69) is 24.1 Å². The van der Waals surface area contributed by atoms with Crippen molar-refractivity contribution in [1.82, 2.24) is 4.90 Å². The summed E-state index contributed by atoms with van der Waals surface area (Å²) in [6.45, 7) is 2.42. The molecule has 1 saturated heterocycles. The Morgan fingerprint density at radius 2 is 1.91 bits per heavy atom. The number of likely N-dealkylation sites (tertiary alicyclic amines) is 1. The Morgan fingerprint density at radius 1 is 1.09 bits per heavy atom. The van der Waals surface area contributed by atoms with Crippen LogP contribution in [0.3, 0.4) is 0 Å². The van der Waals surface area contributed by atoms with E-state index in [1.807, 2.05) is 24.3 Å². The number of esters is 2. The van der Waals surface area contributed by atoms with Gasteiger partial charge in [0.2, 0.25) is 6.10 Å². The van der Waals surface area contributed by atoms with Gasteiger partial charge in [0.05, 0.1) is 0 Å². The molecule has 1 unspecified atom stereocenters. The maximum Gasteiger partial charge on any atom is 0.357 e. The highest BCUT2D eigenvalue weighted by molar-refractivity contribution is 5.82. The molecule has 3 aliphatic rings. The summed E-state index contributed by atoms with van der Waals surface area (Å²) in [4.78, 5) is 27.2. The number of benzene rings is 2. The van der Waals surface area contributed by atoms with E-state index >= 15 is 0 Å². The largest absolute Gasteiger partial charge is 0.446 e. The van der Waals surface area contributed by atoms with Crippen molar-refractivity contribution in [2.45, 2.75) is 63.0 Å². The lowest BCUT2D eigenvalue weighted by atomic mass is 9.52. The predicted octanol–water partition coefficient (Wildman–Crippen LogP) is 4.58. The van der Waals surface area contributed by atoms with Crippen LogP contribution in [-0.4, -0.2) is 36.5 Å². The number of likely N-dealkylation sites (N-methyl/N-ethyl adjacent to an activating group) is 1. The Bertz CT molecular complexity index is 1020. The number of carbonyl (C=O) groups is 2. The fourth-order valence-electron chi connectivity index (χ4n) is 6.46. The molecular weight excluding hydrogens is 402 g/mol. The molecule has 2 fully saturated rings. The molecular formula is C27H31NO4. The van der Waals surface area contributed by atoms with Gasteiger partial charge in [0, 0.05) is 23.9 Å². The number of carbonyl (C=O) groups excluding carboxylic acids is 2. The highest BCUT2D eigenvalue weighted by Crippen LogP contribution is 2.56. The minimum atomic E-state index is -1.07. The summed E-state index contributed by atoms with van der Waals surface area (Å²) in [6, 6.07) is 15.8. The lowest BCUT2D eigenvalue weighted by molar-refractivity contribution is -0.161. The molecule has 0 aromatic heterocycles. The first-order valence-electron chi connectivity index (χ1n) is 11.8. The summed E-state index contributed by atoms with van der Waals surface area (Å²) >= 11 is 0. The molecule has 5 heteroatoms. The van der Waals surface area contributed by atoms with Gasteiger partial charge in [-0.05, 0) is 68.5 Å². The number of rotatable bonds is 4. The van der Waals surface area contributed by atoms with Crippen LogP contribution in [0.4, 0.5) is 0 Å². The summed E-state index contributed by atoms with van der Waals surface area (Å²) in [7, 11) is 2.27. The number of ether oxygens (including phenoxy) is 2. The number of piperidine rings is 1. The third-order valence-corrected chi connectivity index (χ3v) is 7.90. The Balaban J connectivity index is 1.45. The first-order chi connectivity index (χ1) is 15.5. The summed E-state index contributed by atoms with van der Waals surface area (Å²) in [5.41, 5.74) is 3.56. The van der Waals surface area contributed by atoms with Gasteiger partial charge in [0.15, 0.2) is 0 Å². The van der Waals surface area contributed by atoms with E-state index in [0.29, 0.717) is 23.3 Å². The zero-order chi connectivity index (χ0) is 22.3. The topological polar surface area (TPSA) is 55.8 Å². The maximum atomic E-state index is 13.0. The first-order valence-corrected chi connectivity index (χ1v) is 11.8. The second kappa shape index (κ2) is 8.36. The smallest absolute Gasteiger partial charge is 0.357 e. The monoisotopic (exact) mass is 433 g/mol. The van der Waals surface area contributed by atoms with Crippen molar-refractivity contribution in [2.24, 2.45) is 5.92 Å². The van der Waals surface area contributed by atoms with Crippen LogP contribution >= 0.6 is 0 Å². The molecule has 5 nitrogen and oxygen atoms in total. The molecule has 4 atom stereocenters. The van der Waals surface area contributed by atoms with Crippen LogP contribution in [-0.2, 0) is 26.2 Å². The lowest BCUT2D eigenvalue weighted by Crippen LogP contribution is -2.59. The Labute approximate surface area is 189 Å². The molecule has 1 saturated carbocycles. The van der Waals surface area contributed by atoms with Crippen molar-refractivity contribution in [1.29, 1.82) is 0 Å². The van der Waals surface area contributed by atoms with Crippen LogP contribution in [0, 0.1) is 5.92 Å². The van der Waals surface area contributed by atoms with Gasteiger partial charge in [-0.15, -0.1) is 0 Å². The average molecular weight is 434 g/mol. The molecule has 2 aromatic rings. The highest BCUT2D eigenvalue weighted by atomic mass is 16.6. The lowest BCUT2D eigenvalue weighted by Gasteiger charge is -2.58. The molecule has 0 amide bonds. The molecule has 1 heterocycles. The van der Waals surface area contributed by atoms with E-state index in [1.165, 1.54) is 43.7 Å². The van der Waals surface area contributed by atoms with E-state index in [1.54, 1.807) is 12.1 Å². The van der Waals surface area contributed by atoms with Crippen molar-refractivity contribution in [2.75, 3.05) is 13.6 Å². The van der Waals surface area contributed by atoms with Gasteiger partial charge in [-0.25, -0.2) is 4.79 Å². The molecule has 0 N–H and O–H groups in total. The maximum absolute atomic E-state index is 13.0. The van der Waals surface area contributed by atoms with Gasteiger partial charge < -0.3 is 14.4 Å². The predicted molar refractivity (Wildman–Crippen MR) is 121 cm³/mol. The minimum Gasteiger partial charge on any atom is -0.446 e. The molecule has 0 spiro atoms. The van der Waals surface area contributed by atoms with Gasteiger partial charge in [0.1, 0.15) is 5.75 Å². The van der Waals surface area contributed by atoms with E-state index in [0.717, 1.165) is 19.4 Å². The Morgan fingerprint density at radius 3 is 2.69 bits per heavy atom. The molecule has 0 radical (unpaired) electrons. The quantitative estimate of drug-likeness (QED) is 0.522. The SMILES string of the molecule is CC(=O)OC(C(=O)Oc1ccc2c(c1)[C@@]13CCCC[C@H]1[C@@H](C2)N(C)CC3)c1ccccc1. The number of fused-ring (bicyclic) bond motifs is 1. The van der Waals surface area contributed by atoms with Gasteiger partial charge in [-0.3, -0.25) is 4.79 Å². The van der Waals surface area contributed by atoms with Crippen LogP contribution in [0.25, 0.3) is 0 Å². The zero-order valence-electron chi connectivity index (χ0n) is 18.9. The standard InChI is InChI=1S/C27H31NO4/c1-18(29)31-25(19-8-4-3-5-9-19)26(30)32-21-12-11-20-16-24-22-10-6-7-13-27(22,23(20)17-21)14-15-28(24)2/h3-5,8-9,11-12,17,22,24-25H,6-7,10,13-16H2,1-2H3/t22-,24+,25?,27+/m0/s1. The van der Waals surface area contributed by atoms with Crippen molar-refractivity contribution >= 4 is 11.9 Å². The van der Waals surface area contributed by atoms with Gasteiger partial charge in [-0.2, -0.15) is 0 Å². The molecule has 5 rings (SSSR count). The normalized spacial score (nSPS) is 27.6. The molecule has 32 heavy (non-hydrogen) atoms. The van der Waals surface area contributed by atoms with E-state index in [4.69, 9.17) is 9.47 Å². The summed E-state index contributed by atoms with van der Waals surface area (Å²) < 4.78 is 11.1. The summed E-state index contributed by atoms with van der Waals surface area (Å²) in [5.74, 6) is 0.133. The average Bonchev–Trinajstić information content (AvgIpc) is 2.80. The van der Waals surface area contributed by atoms with Crippen LogP contribution in [0.15, 0.2) is 48.5 Å². The Hall–Kier alpha value is -2.66. The second-order valence-electron chi connectivity index (χ2n) is 9.65. The van der Waals surface area contributed by atoms with Crippen molar-refractivity contribution < 1.29 is 19.1 Å².